The Balaban J connectivity index is 0.00000214. The maximum Gasteiger partial charge on any atom is -1.00 e. The fourth-order valence-corrected chi connectivity index (χ4v) is 23.4. The fraction of sp³-hybridized carbons (Fsp3) is 0.481. The second-order valence-electron chi connectivity index (χ2n) is 20.5. The topological polar surface area (TPSA) is 0 Å². The van der Waals surface area contributed by atoms with Gasteiger partial charge in [-0.25, -0.2) is 0 Å². The molecule has 8 aliphatic carbocycles. The number of aryl methyl sites for hydroxylation is 1. The summed E-state index contributed by atoms with van der Waals surface area (Å²) in [5, 5.41) is 0. The van der Waals surface area contributed by atoms with Crippen LogP contribution in [0.25, 0.3) is 22.3 Å². The summed E-state index contributed by atoms with van der Waals surface area (Å²) in [5.41, 5.74) is 22.2. The zero-order valence-corrected chi connectivity index (χ0v) is 38.9. The average Bonchev–Trinajstić information content (AvgIpc) is 3.70. The molecule has 11 rings (SSSR count). The van der Waals surface area contributed by atoms with E-state index in [2.05, 4.69) is 136 Å². The summed E-state index contributed by atoms with van der Waals surface area (Å²) in [6.07, 6.45) is 18.3. The van der Waals surface area contributed by atoms with Crippen molar-refractivity contribution < 1.29 is 46.1 Å². The molecular formula is C52H60Cl2Zr. The first kappa shape index (κ1) is 39.8. The summed E-state index contributed by atoms with van der Waals surface area (Å²) in [6, 6.07) is 20.4. The SMILES string of the molecule is CC1=CC(C)(C)c2cc3c(cc21)-c1cc2c(cc1[CH]3/[Zr+2]([C]1=C(C)C(CC34CC5CC(CC(C5)C3)C4)=CC1C)=[C](\C)c1ccc(C)cc1)C(C)(C)C=C2C.[Cl-].[Cl-]. The van der Waals surface area contributed by atoms with E-state index in [9.17, 15) is 0 Å². The molecule has 0 radical (unpaired) electrons. The second kappa shape index (κ2) is 13.5. The van der Waals surface area contributed by atoms with E-state index in [1.807, 2.05) is 3.28 Å². The van der Waals surface area contributed by atoms with E-state index in [1.54, 1.807) is 25.5 Å². The molecule has 3 aromatic rings. The molecule has 0 saturated heterocycles. The molecule has 0 nitrogen and oxygen atoms in total. The van der Waals surface area contributed by atoms with Crippen molar-refractivity contribution in [3.05, 3.63) is 126 Å². The molecule has 4 bridgehead atoms. The third-order valence-electron chi connectivity index (χ3n) is 15.7. The molecule has 1 atom stereocenters. The van der Waals surface area contributed by atoms with Crippen molar-refractivity contribution >= 4 is 14.4 Å². The summed E-state index contributed by atoms with van der Waals surface area (Å²) in [7, 11) is 0. The molecule has 4 saturated carbocycles. The maximum atomic E-state index is 2.79. The molecule has 8 aliphatic rings. The van der Waals surface area contributed by atoms with Crippen LogP contribution >= 0.6 is 0 Å². The Bertz CT molecular complexity index is 2180. The van der Waals surface area contributed by atoms with Gasteiger partial charge in [-0.15, -0.1) is 0 Å². The van der Waals surface area contributed by atoms with Gasteiger partial charge in [0.25, 0.3) is 0 Å². The standard InChI is InChI=1S/C25H25.C18H25.C9H10.2ClH.Zr/c1-14-12-24(3,4)22-8-16-7-17-9-23-19(15(2)13-25(23,5)6)11-21(17)20(16)10-18(14)22;1-12-3-13(2)17(4-12)11-18-8-14-5-15(9-18)7-16(6-14)10-18;1-3-9-6-4-8(2)5-7-9;;;/h7-13H,1-6H3;4,12,14-16H,5-11H2,1-2H3;4-7H,1-2H3;2*1H;/q;;;;;+2/p-2. The first-order valence-corrected chi connectivity index (χ1v) is 25.0. The van der Waals surface area contributed by atoms with E-state index < -0.39 is 21.3 Å². The van der Waals surface area contributed by atoms with E-state index in [4.69, 9.17) is 0 Å². The van der Waals surface area contributed by atoms with Gasteiger partial charge in [0.1, 0.15) is 0 Å². The Morgan fingerprint density at radius 1 is 0.673 bits per heavy atom. The monoisotopic (exact) mass is 844 g/mol. The number of halogens is 2. The molecule has 3 aromatic carbocycles. The predicted molar refractivity (Wildman–Crippen MR) is 223 cm³/mol. The van der Waals surface area contributed by atoms with Gasteiger partial charge < -0.3 is 24.8 Å². The summed E-state index contributed by atoms with van der Waals surface area (Å²) < 4.78 is 4.08. The van der Waals surface area contributed by atoms with Crippen LogP contribution in [0.1, 0.15) is 155 Å². The zero-order chi connectivity index (χ0) is 36.9. The zero-order valence-electron chi connectivity index (χ0n) is 34.9. The molecule has 0 amide bonds. The van der Waals surface area contributed by atoms with Crippen molar-refractivity contribution in [2.45, 2.75) is 129 Å². The molecule has 55 heavy (non-hydrogen) atoms. The smallest absolute Gasteiger partial charge is 1.00 e. The number of hydrogen-bond donors (Lipinski definition) is 0. The normalized spacial score (nSPS) is 28.8. The van der Waals surface area contributed by atoms with Crippen LogP contribution in [0.5, 0.6) is 0 Å². The van der Waals surface area contributed by atoms with Crippen molar-refractivity contribution in [3.8, 4) is 11.1 Å². The Hall–Kier alpha value is -2.05. The van der Waals surface area contributed by atoms with Crippen LogP contribution in [0, 0.1) is 36.0 Å². The van der Waals surface area contributed by atoms with E-state index in [1.165, 1.54) is 101 Å². The van der Waals surface area contributed by atoms with E-state index in [0.29, 0.717) is 15.0 Å². The fourth-order valence-electron chi connectivity index (χ4n) is 13.9. The van der Waals surface area contributed by atoms with Gasteiger partial charge in [0, 0.05) is 0 Å². The summed E-state index contributed by atoms with van der Waals surface area (Å²) in [4.78, 5) is 0. The van der Waals surface area contributed by atoms with Gasteiger partial charge in [-0.1, -0.05) is 0 Å². The van der Waals surface area contributed by atoms with Crippen LogP contribution in [-0.2, 0) is 32.1 Å². The van der Waals surface area contributed by atoms with Gasteiger partial charge in [-0.2, -0.15) is 0 Å². The predicted octanol–water partition coefficient (Wildman–Crippen LogP) is 7.78. The third kappa shape index (κ3) is 6.09. The van der Waals surface area contributed by atoms with E-state index in [0.717, 1.165) is 17.8 Å². The Morgan fingerprint density at radius 3 is 1.62 bits per heavy atom. The average molecular weight is 847 g/mol. The Kier molecular flexibility index (Phi) is 9.76. The van der Waals surface area contributed by atoms with Gasteiger partial charge >= 0.3 is 330 Å². The van der Waals surface area contributed by atoms with Gasteiger partial charge in [-0.3, -0.25) is 0 Å². The molecule has 286 valence electrons. The summed E-state index contributed by atoms with van der Waals surface area (Å²) >= 11 is -2.74. The van der Waals surface area contributed by atoms with Crippen LogP contribution < -0.4 is 24.8 Å². The van der Waals surface area contributed by atoms with Crippen LogP contribution in [0.15, 0.2) is 81.2 Å². The molecule has 3 heteroatoms. The molecule has 0 spiro atoms. The van der Waals surface area contributed by atoms with Gasteiger partial charge in [0.2, 0.25) is 0 Å². The van der Waals surface area contributed by atoms with Crippen molar-refractivity contribution in [1.29, 1.82) is 0 Å². The van der Waals surface area contributed by atoms with Crippen LogP contribution in [-0.4, -0.2) is 3.21 Å². The van der Waals surface area contributed by atoms with Crippen molar-refractivity contribution in [1.82, 2.24) is 0 Å². The summed E-state index contributed by atoms with van der Waals surface area (Å²) in [5.74, 6) is 3.54. The van der Waals surface area contributed by atoms with E-state index >= 15 is 0 Å². The van der Waals surface area contributed by atoms with Crippen LogP contribution in [0.3, 0.4) is 0 Å². The minimum atomic E-state index is -2.74. The molecule has 0 aliphatic heterocycles. The first-order valence-electron chi connectivity index (χ1n) is 21.1. The van der Waals surface area contributed by atoms with Crippen LogP contribution in [0.4, 0.5) is 0 Å². The van der Waals surface area contributed by atoms with E-state index in [-0.39, 0.29) is 35.6 Å². The molecular weight excluding hydrogens is 787 g/mol. The van der Waals surface area contributed by atoms with Gasteiger partial charge in [0.15, 0.2) is 0 Å². The molecule has 0 aromatic heterocycles. The molecule has 0 heterocycles. The minimum Gasteiger partial charge on any atom is -1.00 e. The van der Waals surface area contributed by atoms with Gasteiger partial charge in [-0.05, 0) is 0 Å². The Labute approximate surface area is 352 Å². The quantitative estimate of drug-likeness (QED) is 0.247. The maximum absolute atomic E-state index is 2.79. The minimum absolute atomic E-state index is 0. The summed E-state index contributed by atoms with van der Waals surface area (Å²) in [6.45, 7) is 24.4. The Morgan fingerprint density at radius 2 is 1.15 bits per heavy atom. The first-order chi connectivity index (χ1) is 25.1. The largest absolute Gasteiger partial charge is 1.00 e. The molecule has 1 unspecified atom stereocenters. The molecule has 0 N–H and O–H groups in total. The number of benzene rings is 3. The number of allylic oxidation sites excluding steroid dienone is 8. The van der Waals surface area contributed by atoms with Gasteiger partial charge in [0.05, 0.1) is 0 Å². The number of rotatable bonds is 5. The third-order valence-corrected chi connectivity index (χ3v) is 24.8. The van der Waals surface area contributed by atoms with Crippen LogP contribution in [0.2, 0.25) is 0 Å². The van der Waals surface area contributed by atoms with Crippen molar-refractivity contribution in [2.24, 2.45) is 29.1 Å². The number of fused-ring (bicyclic) bond motifs is 5. The number of hydrogen-bond acceptors (Lipinski definition) is 0. The van der Waals surface area contributed by atoms with Crippen molar-refractivity contribution in [3.63, 3.8) is 0 Å². The second-order valence-corrected chi connectivity index (χ2v) is 27.1. The molecule has 4 fully saturated rings. The van der Waals surface area contributed by atoms with Crippen molar-refractivity contribution in [2.75, 3.05) is 0 Å².